The predicted molar refractivity (Wildman–Crippen MR) is 86.3 cm³/mol. The number of esters is 1. The van der Waals surface area contributed by atoms with Crippen LogP contribution in [0, 0.1) is 5.82 Å². The Kier molecular flexibility index (Phi) is 5.74. The summed E-state index contributed by atoms with van der Waals surface area (Å²) in [7, 11) is 0. The van der Waals surface area contributed by atoms with E-state index in [0.717, 1.165) is 29.8 Å². The molecule has 0 saturated heterocycles. The van der Waals surface area contributed by atoms with Crippen LogP contribution in [0.15, 0.2) is 24.3 Å². The molecular formula is C16H19ClFN3O2. The van der Waals surface area contributed by atoms with Crippen LogP contribution in [-0.2, 0) is 24.2 Å². The number of benzene rings is 1. The van der Waals surface area contributed by atoms with Gasteiger partial charge in [0.1, 0.15) is 5.82 Å². The normalized spacial score (nSPS) is 13.1. The van der Waals surface area contributed by atoms with Crippen LogP contribution in [0.2, 0.25) is 0 Å². The summed E-state index contributed by atoms with van der Waals surface area (Å²) in [6, 6.07) is 6.32. The molecule has 1 aromatic heterocycles. The fourth-order valence-corrected chi connectivity index (χ4v) is 2.68. The van der Waals surface area contributed by atoms with Gasteiger partial charge < -0.3 is 10.1 Å². The summed E-state index contributed by atoms with van der Waals surface area (Å²) in [5.74, 6) is -0.650. The van der Waals surface area contributed by atoms with Crippen LogP contribution in [0.4, 0.5) is 4.39 Å². The number of hydrogen-bond acceptors (Lipinski definition) is 4. The summed E-state index contributed by atoms with van der Waals surface area (Å²) >= 11 is 0. The van der Waals surface area contributed by atoms with E-state index in [1.54, 1.807) is 19.1 Å². The van der Waals surface area contributed by atoms with Gasteiger partial charge in [0.25, 0.3) is 0 Å². The summed E-state index contributed by atoms with van der Waals surface area (Å²) in [4.78, 5) is 12.1. The van der Waals surface area contributed by atoms with E-state index < -0.39 is 0 Å². The van der Waals surface area contributed by atoms with Crippen LogP contribution < -0.4 is 5.32 Å². The van der Waals surface area contributed by atoms with Crippen LogP contribution in [0.3, 0.4) is 0 Å². The highest BCUT2D eigenvalue weighted by molar-refractivity contribution is 5.89. The van der Waals surface area contributed by atoms with Gasteiger partial charge in [-0.1, -0.05) is 12.1 Å². The molecule has 1 aromatic carbocycles. The van der Waals surface area contributed by atoms with Crippen molar-refractivity contribution in [1.29, 1.82) is 0 Å². The van der Waals surface area contributed by atoms with Crippen LogP contribution in [0.5, 0.6) is 0 Å². The molecule has 0 fully saturated rings. The molecular weight excluding hydrogens is 321 g/mol. The Labute approximate surface area is 140 Å². The number of hydrogen-bond donors (Lipinski definition) is 1. The highest BCUT2D eigenvalue weighted by atomic mass is 35.5. The van der Waals surface area contributed by atoms with Gasteiger partial charge in [-0.05, 0) is 24.6 Å². The molecule has 1 aliphatic heterocycles. The molecule has 3 rings (SSSR count). The maximum atomic E-state index is 13.0. The van der Waals surface area contributed by atoms with E-state index >= 15 is 0 Å². The molecule has 1 N–H and O–H groups in total. The first-order valence-corrected chi connectivity index (χ1v) is 7.40. The Morgan fingerprint density at radius 2 is 2.13 bits per heavy atom. The van der Waals surface area contributed by atoms with Crippen LogP contribution in [0.1, 0.15) is 34.2 Å². The van der Waals surface area contributed by atoms with Gasteiger partial charge in [-0.2, -0.15) is 5.10 Å². The van der Waals surface area contributed by atoms with E-state index in [9.17, 15) is 9.18 Å². The minimum Gasteiger partial charge on any atom is -0.461 e. The molecule has 1 aliphatic rings. The first-order valence-electron chi connectivity index (χ1n) is 7.40. The minimum atomic E-state index is -0.389. The number of nitrogens with one attached hydrogen (secondary N) is 1. The Morgan fingerprint density at radius 3 is 2.83 bits per heavy atom. The second-order valence-corrected chi connectivity index (χ2v) is 5.21. The Balaban J connectivity index is 0.00000192. The molecule has 0 spiro atoms. The zero-order chi connectivity index (χ0) is 15.5. The number of nitrogens with zero attached hydrogens (tertiary/aromatic N) is 2. The summed E-state index contributed by atoms with van der Waals surface area (Å²) in [6.45, 7) is 4.09. The lowest BCUT2D eigenvalue weighted by Gasteiger charge is -2.15. The number of rotatable bonds is 4. The average molecular weight is 340 g/mol. The summed E-state index contributed by atoms with van der Waals surface area (Å²) in [5, 5.41) is 7.69. The molecule has 124 valence electrons. The van der Waals surface area contributed by atoms with Gasteiger partial charge in [0.2, 0.25) is 0 Å². The second-order valence-electron chi connectivity index (χ2n) is 5.21. The van der Waals surface area contributed by atoms with Crippen LogP contribution in [-0.4, -0.2) is 28.9 Å². The average Bonchev–Trinajstić information content (AvgIpc) is 2.89. The van der Waals surface area contributed by atoms with Crippen molar-refractivity contribution in [3.63, 3.8) is 0 Å². The molecule has 2 heterocycles. The van der Waals surface area contributed by atoms with Gasteiger partial charge in [-0.15, -0.1) is 12.4 Å². The first-order chi connectivity index (χ1) is 10.7. The lowest BCUT2D eigenvalue weighted by atomic mass is 10.1. The highest BCUT2D eigenvalue weighted by Gasteiger charge is 2.25. The summed E-state index contributed by atoms with van der Waals surface area (Å²) in [6.07, 6.45) is 0.808. The number of ether oxygens (including phenoxy) is 1. The predicted octanol–water partition coefficient (Wildman–Crippen LogP) is 2.31. The fourth-order valence-electron chi connectivity index (χ4n) is 2.68. The largest absolute Gasteiger partial charge is 0.461 e. The first kappa shape index (κ1) is 17.4. The van der Waals surface area contributed by atoms with Crippen molar-refractivity contribution in [2.45, 2.75) is 26.4 Å². The standard InChI is InChI=1S/C16H18FN3O2.ClH/c1-2-22-16(21)15-13-9-18-8-7-14(13)20(19-15)10-11-3-5-12(17)6-4-11;/h3-6,18H,2,7-10H2,1H3;1H. The quantitative estimate of drug-likeness (QED) is 0.869. The van der Waals surface area contributed by atoms with Gasteiger partial charge in [-0.25, -0.2) is 9.18 Å². The molecule has 7 heteroatoms. The molecule has 0 radical (unpaired) electrons. The second kappa shape index (κ2) is 7.57. The Hall–Kier alpha value is -1.92. The van der Waals surface area contributed by atoms with Crippen molar-refractivity contribution < 1.29 is 13.9 Å². The maximum absolute atomic E-state index is 13.0. The molecule has 0 unspecified atom stereocenters. The minimum absolute atomic E-state index is 0. The monoisotopic (exact) mass is 339 g/mol. The third-order valence-corrected chi connectivity index (χ3v) is 3.72. The van der Waals surface area contributed by atoms with Crippen molar-refractivity contribution in [3.8, 4) is 0 Å². The third kappa shape index (κ3) is 3.71. The van der Waals surface area contributed by atoms with E-state index in [1.807, 2.05) is 4.68 Å². The van der Waals surface area contributed by atoms with E-state index in [-0.39, 0.29) is 24.2 Å². The smallest absolute Gasteiger partial charge is 0.359 e. The number of carbonyl (C=O) groups excluding carboxylic acids is 1. The third-order valence-electron chi connectivity index (χ3n) is 3.72. The van der Waals surface area contributed by atoms with Crippen LogP contribution in [0.25, 0.3) is 0 Å². The van der Waals surface area contributed by atoms with E-state index in [2.05, 4.69) is 10.4 Å². The molecule has 5 nitrogen and oxygen atoms in total. The fraction of sp³-hybridized carbons (Fsp3) is 0.375. The van der Waals surface area contributed by atoms with E-state index in [0.29, 0.717) is 25.4 Å². The molecule has 2 aromatic rings. The van der Waals surface area contributed by atoms with Crippen molar-refractivity contribution in [2.75, 3.05) is 13.2 Å². The van der Waals surface area contributed by atoms with Gasteiger partial charge in [0.15, 0.2) is 5.69 Å². The molecule has 0 bridgehead atoms. The number of halogens is 2. The Bertz CT molecular complexity index is 685. The van der Waals surface area contributed by atoms with Crippen molar-refractivity contribution in [3.05, 3.63) is 52.6 Å². The number of aromatic nitrogens is 2. The SMILES string of the molecule is CCOC(=O)c1nn(Cc2ccc(F)cc2)c2c1CNCC2.Cl. The van der Waals surface area contributed by atoms with Gasteiger partial charge in [0.05, 0.1) is 13.2 Å². The maximum Gasteiger partial charge on any atom is 0.359 e. The van der Waals surface area contributed by atoms with Gasteiger partial charge in [-0.3, -0.25) is 4.68 Å². The van der Waals surface area contributed by atoms with E-state index in [1.165, 1.54) is 12.1 Å². The number of carbonyl (C=O) groups is 1. The Morgan fingerprint density at radius 1 is 1.39 bits per heavy atom. The zero-order valence-electron chi connectivity index (χ0n) is 12.8. The van der Waals surface area contributed by atoms with Crippen molar-refractivity contribution >= 4 is 18.4 Å². The molecule has 0 saturated carbocycles. The molecule has 0 amide bonds. The lowest BCUT2D eigenvalue weighted by Crippen LogP contribution is -2.25. The van der Waals surface area contributed by atoms with E-state index in [4.69, 9.17) is 4.74 Å². The van der Waals surface area contributed by atoms with Gasteiger partial charge >= 0.3 is 5.97 Å². The molecule has 0 atom stereocenters. The molecule has 0 aliphatic carbocycles. The topological polar surface area (TPSA) is 56.1 Å². The highest BCUT2D eigenvalue weighted by Crippen LogP contribution is 2.20. The zero-order valence-corrected chi connectivity index (χ0v) is 13.7. The van der Waals surface area contributed by atoms with Crippen molar-refractivity contribution in [2.24, 2.45) is 0 Å². The lowest BCUT2D eigenvalue weighted by molar-refractivity contribution is 0.0517. The number of fused-ring (bicyclic) bond motifs is 1. The summed E-state index contributed by atoms with van der Waals surface area (Å²) in [5.41, 5.74) is 3.28. The van der Waals surface area contributed by atoms with Crippen LogP contribution >= 0.6 is 12.4 Å². The van der Waals surface area contributed by atoms with Crippen molar-refractivity contribution in [1.82, 2.24) is 15.1 Å². The molecule has 23 heavy (non-hydrogen) atoms. The van der Waals surface area contributed by atoms with Gasteiger partial charge in [0, 0.05) is 30.8 Å². The summed E-state index contributed by atoms with van der Waals surface area (Å²) < 4.78 is 19.9.